The molecule has 0 bridgehead atoms. The highest BCUT2D eigenvalue weighted by Gasteiger charge is 2.16. The molecule has 0 aliphatic heterocycles. The highest BCUT2D eigenvalue weighted by atomic mass is 16.6. The van der Waals surface area contributed by atoms with E-state index >= 15 is 0 Å². The number of esters is 1. The van der Waals surface area contributed by atoms with Gasteiger partial charge in [-0.05, 0) is 0 Å². The highest BCUT2D eigenvalue weighted by Crippen LogP contribution is 2.11. The number of aromatic nitrogens is 6. The van der Waals surface area contributed by atoms with Gasteiger partial charge < -0.3 is 13.8 Å². The number of imidazole rings is 1. The average Bonchev–Trinajstić information content (AvgIpc) is 3.28. The van der Waals surface area contributed by atoms with Crippen LogP contribution in [0.3, 0.4) is 0 Å². The van der Waals surface area contributed by atoms with Crippen molar-refractivity contribution in [1.29, 1.82) is 0 Å². The van der Waals surface area contributed by atoms with E-state index in [2.05, 4.69) is 15.1 Å². The maximum atomic E-state index is 12.3. The highest BCUT2D eigenvalue weighted by molar-refractivity contribution is 5.71. The molecule has 0 atom stereocenters. The maximum absolute atomic E-state index is 12.3. The van der Waals surface area contributed by atoms with Crippen molar-refractivity contribution >= 4 is 17.1 Å². The fourth-order valence-electron chi connectivity index (χ4n) is 2.55. The number of carbonyl (C=O) groups is 1. The number of ether oxygens (including phenoxy) is 1. The number of carbonyl (C=O) groups excluding carboxylic acids is 1. The molecule has 11 nitrogen and oxygen atoms in total. The van der Waals surface area contributed by atoms with Crippen molar-refractivity contribution in [3.8, 4) is 0 Å². The van der Waals surface area contributed by atoms with Crippen molar-refractivity contribution in [2.75, 3.05) is 0 Å². The molecule has 3 aromatic rings. The van der Waals surface area contributed by atoms with Crippen LogP contribution in [-0.4, -0.2) is 34.8 Å². The zero-order valence-corrected chi connectivity index (χ0v) is 15.5. The summed E-state index contributed by atoms with van der Waals surface area (Å²) in [4.78, 5) is 44.5. The second-order valence-electron chi connectivity index (χ2n) is 6.43. The smallest absolute Gasteiger partial charge is 0.332 e. The van der Waals surface area contributed by atoms with Crippen LogP contribution in [0.4, 0.5) is 0 Å². The second-order valence-corrected chi connectivity index (χ2v) is 6.43. The Bertz CT molecular complexity index is 1100. The minimum absolute atomic E-state index is 0.0165. The SMILES string of the molecule is CC(C)c1noc(COC(=O)CCn2cnc3c2c(=O)n(C)c(=O)n3C)n1. The molecule has 0 aliphatic carbocycles. The number of nitrogens with zero attached hydrogens (tertiary/aromatic N) is 6. The first-order valence-corrected chi connectivity index (χ1v) is 8.38. The Kier molecular flexibility index (Phi) is 4.93. The van der Waals surface area contributed by atoms with E-state index in [1.54, 1.807) is 0 Å². The van der Waals surface area contributed by atoms with E-state index in [0.717, 1.165) is 4.57 Å². The van der Waals surface area contributed by atoms with Crippen LogP contribution in [0.25, 0.3) is 11.2 Å². The molecule has 3 aromatic heterocycles. The summed E-state index contributed by atoms with van der Waals surface area (Å²) in [6.07, 6.45) is 1.44. The Morgan fingerprint density at radius 3 is 2.67 bits per heavy atom. The van der Waals surface area contributed by atoms with Gasteiger partial charge in [-0.3, -0.25) is 18.7 Å². The van der Waals surface area contributed by atoms with E-state index in [-0.39, 0.29) is 42.5 Å². The third-order valence-electron chi connectivity index (χ3n) is 4.13. The number of aryl methyl sites for hydroxylation is 2. The van der Waals surface area contributed by atoms with Gasteiger partial charge in [-0.1, -0.05) is 19.0 Å². The number of hydrogen-bond donors (Lipinski definition) is 0. The molecular weight excluding hydrogens is 356 g/mol. The summed E-state index contributed by atoms with van der Waals surface area (Å²) in [5.74, 6) is 0.408. The van der Waals surface area contributed by atoms with Gasteiger partial charge in [-0.2, -0.15) is 4.98 Å². The fourth-order valence-corrected chi connectivity index (χ4v) is 2.55. The van der Waals surface area contributed by atoms with Crippen LogP contribution < -0.4 is 11.2 Å². The molecule has 11 heteroatoms. The van der Waals surface area contributed by atoms with Gasteiger partial charge >= 0.3 is 11.7 Å². The van der Waals surface area contributed by atoms with Crippen LogP contribution in [0.5, 0.6) is 0 Å². The van der Waals surface area contributed by atoms with E-state index in [4.69, 9.17) is 9.26 Å². The molecule has 0 fully saturated rings. The van der Waals surface area contributed by atoms with Crippen molar-refractivity contribution in [2.24, 2.45) is 14.1 Å². The molecule has 0 aliphatic rings. The fraction of sp³-hybridized carbons (Fsp3) is 0.500. The predicted octanol–water partition coefficient (Wildman–Crippen LogP) is 0.0736. The molecule has 0 radical (unpaired) electrons. The molecule has 0 aromatic carbocycles. The summed E-state index contributed by atoms with van der Waals surface area (Å²) in [7, 11) is 2.93. The van der Waals surface area contributed by atoms with Crippen LogP contribution in [-0.2, 0) is 36.8 Å². The maximum Gasteiger partial charge on any atom is 0.332 e. The minimum atomic E-state index is -0.484. The van der Waals surface area contributed by atoms with Crippen molar-refractivity contribution in [2.45, 2.75) is 39.3 Å². The number of rotatable bonds is 6. The Balaban J connectivity index is 1.67. The van der Waals surface area contributed by atoms with Crippen molar-refractivity contribution < 1.29 is 14.1 Å². The zero-order chi connectivity index (χ0) is 19.7. The lowest BCUT2D eigenvalue weighted by atomic mass is 10.2. The number of hydrogen-bond acceptors (Lipinski definition) is 8. The summed E-state index contributed by atoms with van der Waals surface area (Å²) in [6.45, 7) is 3.93. The van der Waals surface area contributed by atoms with Crippen LogP contribution >= 0.6 is 0 Å². The van der Waals surface area contributed by atoms with Crippen LogP contribution in [0.15, 0.2) is 20.4 Å². The van der Waals surface area contributed by atoms with Gasteiger partial charge in [0.1, 0.15) is 0 Å². The van der Waals surface area contributed by atoms with E-state index in [0.29, 0.717) is 5.82 Å². The van der Waals surface area contributed by atoms with Crippen LogP contribution in [0.2, 0.25) is 0 Å². The topological polar surface area (TPSA) is 127 Å². The Hall–Kier alpha value is -3.24. The van der Waals surface area contributed by atoms with Crippen LogP contribution in [0, 0.1) is 0 Å². The predicted molar refractivity (Wildman–Crippen MR) is 93.0 cm³/mol. The first-order chi connectivity index (χ1) is 12.8. The third kappa shape index (κ3) is 3.52. The van der Waals surface area contributed by atoms with E-state index in [1.807, 2.05) is 13.8 Å². The largest absolute Gasteiger partial charge is 0.456 e. The molecular formula is C16H20N6O5. The zero-order valence-electron chi connectivity index (χ0n) is 15.5. The second kappa shape index (κ2) is 7.17. The van der Waals surface area contributed by atoms with Crippen molar-refractivity contribution in [1.82, 2.24) is 28.8 Å². The summed E-state index contributed by atoms with van der Waals surface area (Å²) >= 11 is 0. The Morgan fingerprint density at radius 2 is 2.00 bits per heavy atom. The van der Waals surface area contributed by atoms with Gasteiger partial charge in [-0.15, -0.1) is 0 Å². The molecule has 0 amide bonds. The molecule has 27 heavy (non-hydrogen) atoms. The molecule has 0 spiro atoms. The lowest BCUT2D eigenvalue weighted by Gasteiger charge is -2.06. The molecule has 3 rings (SSSR count). The summed E-state index contributed by atoms with van der Waals surface area (Å²) in [6, 6.07) is 0. The summed E-state index contributed by atoms with van der Waals surface area (Å²) in [5, 5.41) is 3.79. The Labute approximate surface area is 153 Å². The molecule has 144 valence electrons. The first-order valence-electron chi connectivity index (χ1n) is 8.38. The molecule has 0 saturated carbocycles. The molecule has 0 saturated heterocycles. The molecule has 0 unspecified atom stereocenters. The van der Waals surface area contributed by atoms with Gasteiger partial charge in [0.05, 0.1) is 12.7 Å². The third-order valence-corrected chi connectivity index (χ3v) is 4.13. The van der Waals surface area contributed by atoms with Gasteiger partial charge in [0.25, 0.3) is 11.4 Å². The lowest BCUT2D eigenvalue weighted by Crippen LogP contribution is -2.37. The summed E-state index contributed by atoms with van der Waals surface area (Å²) in [5.41, 5.74) is -0.405. The minimum Gasteiger partial charge on any atom is -0.456 e. The first kappa shape index (κ1) is 18.5. The normalized spacial score (nSPS) is 11.4. The monoisotopic (exact) mass is 376 g/mol. The number of fused-ring (bicyclic) bond motifs is 1. The van der Waals surface area contributed by atoms with Gasteiger partial charge in [0.2, 0.25) is 0 Å². The van der Waals surface area contributed by atoms with Gasteiger partial charge in [0, 0.05) is 26.6 Å². The van der Waals surface area contributed by atoms with Gasteiger partial charge in [0.15, 0.2) is 23.6 Å². The van der Waals surface area contributed by atoms with Crippen LogP contribution in [0.1, 0.15) is 37.9 Å². The van der Waals surface area contributed by atoms with Gasteiger partial charge in [-0.25, -0.2) is 9.78 Å². The summed E-state index contributed by atoms with van der Waals surface area (Å²) < 4.78 is 13.9. The molecule has 0 N–H and O–H groups in total. The van der Waals surface area contributed by atoms with Crippen molar-refractivity contribution in [3.05, 3.63) is 38.9 Å². The van der Waals surface area contributed by atoms with E-state index < -0.39 is 17.2 Å². The van der Waals surface area contributed by atoms with E-state index in [1.165, 1.54) is 29.6 Å². The standard InChI is InChI=1S/C16H20N6O5/c1-9(2)13-18-10(27-19-13)7-26-11(23)5-6-22-8-17-14-12(22)15(24)21(4)16(25)20(14)3/h8-9H,5-7H2,1-4H3. The quantitative estimate of drug-likeness (QED) is 0.553. The Morgan fingerprint density at radius 1 is 1.26 bits per heavy atom. The average molecular weight is 376 g/mol. The lowest BCUT2D eigenvalue weighted by molar-refractivity contribution is -0.146. The molecule has 3 heterocycles. The van der Waals surface area contributed by atoms with E-state index in [9.17, 15) is 14.4 Å². The van der Waals surface area contributed by atoms with Crippen molar-refractivity contribution in [3.63, 3.8) is 0 Å².